The summed E-state index contributed by atoms with van der Waals surface area (Å²) in [4.78, 5) is 0. The van der Waals surface area contributed by atoms with Crippen LogP contribution in [0, 0.1) is 0 Å². The molecule has 3 rings (SSSR count). The van der Waals surface area contributed by atoms with Crippen molar-refractivity contribution in [2.75, 3.05) is 0 Å². The summed E-state index contributed by atoms with van der Waals surface area (Å²) in [7, 11) is 0. The lowest BCUT2D eigenvalue weighted by Gasteiger charge is -2.09. The molecule has 1 heterocycles. The summed E-state index contributed by atoms with van der Waals surface area (Å²) < 4.78 is 2.37. The number of hydrogen-bond acceptors (Lipinski definition) is 1. The summed E-state index contributed by atoms with van der Waals surface area (Å²) >= 11 is 17.9. The summed E-state index contributed by atoms with van der Waals surface area (Å²) in [5, 5.41) is 4.09. The Morgan fingerprint density at radius 3 is 2.75 bits per heavy atom. The van der Waals surface area contributed by atoms with Crippen molar-refractivity contribution in [2.24, 2.45) is 0 Å². The molecule has 0 spiro atoms. The summed E-state index contributed by atoms with van der Waals surface area (Å²) in [5.41, 5.74) is 2.35. The van der Waals surface area contributed by atoms with Crippen molar-refractivity contribution in [3.05, 3.63) is 68.5 Å². The van der Waals surface area contributed by atoms with Gasteiger partial charge >= 0.3 is 0 Å². The van der Waals surface area contributed by atoms with E-state index in [1.54, 1.807) is 11.3 Å². The molecule has 0 aliphatic carbocycles. The van der Waals surface area contributed by atoms with Gasteiger partial charge in [0.05, 0.1) is 5.38 Å². The first-order valence-electron chi connectivity index (χ1n) is 6.19. The number of rotatable bonds is 3. The highest BCUT2D eigenvalue weighted by atomic mass is 79.9. The van der Waals surface area contributed by atoms with Crippen molar-refractivity contribution in [3.8, 4) is 0 Å². The Morgan fingerprint density at radius 2 is 1.95 bits per heavy atom. The van der Waals surface area contributed by atoms with E-state index in [0.717, 1.165) is 21.5 Å². The van der Waals surface area contributed by atoms with E-state index in [1.807, 2.05) is 24.3 Å². The number of halogens is 3. The molecule has 0 radical (unpaired) electrons. The fraction of sp³-hybridized carbons (Fsp3) is 0.125. The zero-order valence-electron chi connectivity index (χ0n) is 10.4. The van der Waals surface area contributed by atoms with Crippen LogP contribution >= 0.6 is 50.5 Å². The van der Waals surface area contributed by atoms with Crippen LogP contribution in [0.5, 0.6) is 0 Å². The van der Waals surface area contributed by atoms with Crippen molar-refractivity contribution >= 4 is 60.6 Å². The van der Waals surface area contributed by atoms with Crippen LogP contribution in [0.1, 0.15) is 16.5 Å². The van der Waals surface area contributed by atoms with Gasteiger partial charge in [0.1, 0.15) is 0 Å². The van der Waals surface area contributed by atoms with Crippen LogP contribution in [-0.2, 0) is 6.42 Å². The summed E-state index contributed by atoms with van der Waals surface area (Å²) in [6.07, 6.45) is 0.778. The van der Waals surface area contributed by atoms with Gasteiger partial charge in [-0.25, -0.2) is 0 Å². The van der Waals surface area contributed by atoms with Crippen LogP contribution in [0.2, 0.25) is 5.02 Å². The SMILES string of the molecule is Clc1cccc(CC(Cl)c2csc3c(Br)cccc23)c1. The van der Waals surface area contributed by atoms with Gasteiger partial charge in [0.25, 0.3) is 0 Å². The fourth-order valence-electron chi connectivity index (χ4n) is 2.27. The van der Waals surface area contributed by atoms with E-state index in [4.69, 9.17) is 23.2 Å². The second kappa shape index (κ2) is 6.07. The average molecular weight is 386 g/mol. The van der Waals surface area contributed by atoms with E-state index >= 15 is 0 Å². The average Bonchev–Trinajstić information content (AvgIpc) is 2.84. The predicted octanol–water partition coefficient (Wildman–Crippen LogP) is 6.84. The maximum Gasteiger partial charge on any atom is 0.0639 e. The summed E-state index contributed by atoms with van der Waals surface area (Å²) in [6, 6.07) is 14.1. The normalized spacial score (nSPS) is 12.8. The van der Waals surface area contributed by atoms with Gasteiger partial charge in [-0.2, -0.15) is 0 Å². The minimum atomic E-state index is -0.0449. The van der Waals surface area contributed by atoms with Crippen LogP contribution in [0.4, 0.5) is 0 Å². The smallest absolute Gasteiger partial charge is 0.0639 e. The standard InChI is InChI=1S/C16H11BrCl2S/c17-14-6-2-5-12-13(9-20-16(12)14)15(19)8-10-3-1-4-11(18)7-10/h1-7,9,15H,8H2. The minimum Gasteiger partial charge on any atom is -0.142 e. The zero-order chi connectivity index (χ0) is 14.1. The third-order valence-electron chi connectivity index (χ3n) is 3.22. The Balaban J connectivity index is 1.93. The van der Waals surface area contributed by atoms with Crippen LogP contribution in [-0.4, -0.2) is 0 Å². The first-order chi connectivity index (χ1) is 9.65. The maximum atomic E-state index is 6.61. The van der Waals surface area contributed by atoms with E-state index in [0.29, 0.717) is 0 Å². The molecule has 0 saturated carbocycles. The van der Waals surface area contributed by atoms with E-state index in [2.05, 4.69) is 39.5 Å². The number of thiophene rings is 1. The van der Waals surface area contributed by atoms with Gasteiger partial charge in [0.15, 0.2) is 0 Å². The lowest BCUT2D eigenvalue weighted by atomic mass is 10.0. The highest BCUT2D eigenvalue weighted by Gasteiger charge is 2.15. The fourth-order valence-corrected chi connectivity index (χ4v) is 4.59. The summed E-state index contributed by atoms with van der Waals surface area (Å²) in [6.45, 7) is 0. The molecule has 0 saturated heterocycles. The molecular formula is C16H11BrCl2S. The molecule has 4 heteroatoms. The molecule has 0 fully saturated rings. The van der Waals surface area contributed by atoms with Crippen molar-refractivity contribution in [1.29, 1.82) is 0 Å². The highest BCUT2D eigenvalue weighted by molar-refractivity contribution is 9.10. The Labute approximate surface area is 140 Å². The molecule has 0 N–H and O–H groups in total. The number of fused-ring (bicyclic) bond motifs is 1. The van der Waals surface area contributed by atoms with E-state index in [-0.39, 0.29) is 5.38 Å². The van der Waals surface area contributed by atoms with Gasteiger partial charge in [0.2, 0.25) is 0 Å². The molecule has 0 aliphatic heterocycles. The molecule has 3 aromatic rings. The zero-order valence-corrected chi connectivity index (χ0v) is 14.4. The molecule has 0 amide bonds. The van der Waals surface area contributed by atoms with E-state index in [9.17, 15) is 0 Å². The topological polar surface area (TPSA) is 0 Å². The molecular weight excluding hydrogens is 375 g/mol. The molecule has 1 aromatic heterocycles. The second-order valence-electron chi connectivity index (χ2n) is 4.61. The quantitative estimate of drug-likeness (QED) is 0.433. The van der Waals surface area contributed by atoms with Crippen molar-refractivity contribution in [1.82, 2.24) is 0 Å². The number of alkyl halides is 1. The predicted molar refractivity (Wildman–Crippen MR) is 93.3 cm³/mol. The summed E-state index contributed by atoms with van der Waals surface area (Å²) in [5.74, 6) is 0. The Morgan fingerprint density at radius 1 is 1.15 bits per heavy atom. The van der Waals surface area contributed by atoms with Gasteiger partial charge in [-0.15, -0.1) is 22.9 Å². The molecule has 102 valence electrons. The Kier molecular flexibility index (Phi) is 4.37. The van der Waals surface area contributed by atoms with Crippen LogP contribution in [0.15, 0.2) is 52.3 Å². The van der Waals surface area contributed by atoms with Gasteiger partial charge in [0, 0.05) is 14.2 Å². The molecule has 1 unspecified atom stereocenters. The Bertz CT molecular complexity index is 751. The largest absolute Gasteiger partial charge is 0.142 e. The van der Waals surface area contributed by atoms with E-state index < -0.39 is 0 Å². The maximum absolute atomic E-state index is 6.61. The number of benzene rings is 2. The highest BCUT2D eigenvalue weighted by Crippen LogP contribution is 2.38. The van der Waals surface area contributed by atoms with Gasteiger partial charge in [-0.05, 0) is 62.4 Å². The Hall–Kier alpha value is -0.540. The van der Waals surface area contributed by atoms with E-state index in [1.165, 1.54) is 15.6 Å². The molecule has 0 aliphatic rings. The lowest BCUT2D eigenvalue weighted by molar-refractivity contribution is 0.932. The molecule has 1 atom stereocenters. The van der Waals surface area contributed by atoms with Crippen LogP contribution < -0.4 is 0 Å². The van der Waals surface area contributed by atoms with Gasteiger partial charge in [-0.3, -0.25) is 0 Å². The minimum absolute atomic E-state index is 0.0449. The molecule has 0 nitrogen and oxygen atoms in total. The molecule has 2 aromatic carbocycles. The first kappa shape index (κ1) is 14.4. The van der Waals surface area contributed by atoms with Gasteiger partial charge < -0.3 is 0 Å². The third-order valence-corrected chi connectivity index (χ3v) is 5.82. The molecule has 0 bridgehead atoms. The number of hydrogen-bond donors (Lipinski definition) is 0. The van der Waals surface area contributed by atoms with Crippen LogP contribution in [0.25, 0.3) is 10.1 Å². The van der Waals surface area contributed by atoms with Crippen molar-refractivity contribution < 1.29 is 0 Å². The first-order valence-corrected chi connectivity index (χ1v) is 8.68. The van der Waals surface area contributed by atoms with Gasteiger partial charge in [-0.1, -0.05) is 35.9 Å². The third kappa shape index (κ3) is 2.89. The van der Waals surface area contributed by atoms with Crippen molar-refractivity contribution in [3.63, 3.8) is 0 Å². The second-order valence-corrected chi connectivity index (χ2v) is 7.31. The molecule has 20 heavy (non-hydrogen) atoms. The monoisotopic (exact) mass is 384 g/mol. The lowest BCUT2D eigenvalue weighted by Crippen LogP contribution is -1.94. The van der Waals surface area contributed by atoms with Crippen molar-refractivity contribution in [2.45, 2.75) is 11.8 Å². The van der Waals surface area contributed by atoms with Crippen LogP contribution in [0.3, 0.4) is 0 Å².